The van der Waals surface area contributed by atoms with Crippen LogP contribution < -0.4 is 17.0 Å². The number of anilines is 2. The third kappa shape index (κ3) is 5.68. The molecule has 6 rings (SSSR count). The van der Waals surface area contributed by atoms with Crippen LogP contribution in [0.3, 0.4) is 0 Å². The van der Waals surface area contributed by atoms with Crippen LogP contribution >= 0.6 is 43.2 Å². The monoisotopic (exact) mass is 659 g/mol. The van der Waals surface area contributed by atoms with Crippen molar-refractivity contribution in [2.45, 2.75) is 41.5 Å². The number of thioether (sulfide) groups is 1. The smallest absolute Gasteiger partial charge is 0.282 e. The molecule has 0 saturated carbocycles. The van der Waals surface area contributed by atoms with Crippen LogP contribution in [0, 0.1) is 5.92 Å². The summed E-state index contributed by atoms with van der Waals surface area (Å²) < 4.78 is 31.3. The number of hydrogen-bond donors (Lipinski definition) is 5. The Kier molecular flexibility index (Phi) is 9.06. The molecule has 22 heteroatoms. The number of aromatic nitrogens is 9. The van der Waals surface area contributed by atoms with E-state index in [2.05, 4.69) is 57.7 Å². The van der Waals surface area contributed by atoms with E-state index >= 15 is 0 Å². The first-order valence-corrected chi connectivity index (χ1v) is 15.1. The van der Waals surface area contributed by atoms with Gasteiger partial charge in [-0.3, -0.25) is 9.78 Å². The quantitative estimate of drug-likeness (QED) is 0.0607. The lowest BCUT2D eigenvalue weighted by Gasteiger charge is -2.19. The second-order valence-electron chi connectivity index (χ2n) is 9.55. The molecule has 0 aliphatic carbocycles. The van der Waals surface area contributed by atoms with Gasteiger partial charge in [-0.25, -0.2) is 14.6 Å². The first-order chi connectivity index (χ1) is 20.4. The first kappa shape index (κ1) is 29.8. The fourth-order valence-corrected chi connectivity index (χ4v) is 7.72. The van der Waals surface area contributed by atoms with Crippen molar-refractivity contribution in [1.29, 1.82) is 0 Å². The van der Waals surface area contributed by atoms with E-state index in [-0.39, 0.29) is 56.8 Å². The number of nitrogen functional groups attached to an aromatic ring is 2. The number of rotatable bonds is 11. The molecule has 4 aromatic heterocycles. The third-order valence-corrected chi connectivity index (χ3v) is 9.55. The summed E-state index contributed by atoms with van der Waals surface area (Å²) in [6.07, 6.45) is 1.49. The lowest BCUT2D eigenvalue weighted by molar-refractivity contribution is 0.00410. The minimum atomic E-state index is -0.961. The maximum atomic E-state index is 12.1. The maximum Gasteiger partial charge on any atom is 0.282 e. The largest absolute Gasteiger partial charge is 0.389 e. The van der Waals surface area contributed by atoms with Crippen LogP contribution in [0.5, 0.6) is 0 Å². The summed E-state index contributed by atoms with van der Waals surface area (Å²) in [6.45, 7) is 0.876. The Balaban J connectivity index is 1.04. The topological polar surface area (TPSA) is 238 Å². The minimum absolute atomic E-state index is 0.0160. The molecule has 0 amide bonds. The van der Waals surface area contributed by atoms with Gasteiger partial charge in [-0.2, -0.15) is 14.6 Å². The van der Waals surface area contributed by atoms with Gasteiger partial charge in [0.2, 0.25) is 11.9 Å². The molecule has 2 unspecified atom stereocenters. The Labute approximate surface area is 250 Å². The normalized spacial score (nSPS) is 28.2. The number of nitrogens with zero attached hydrogens (tertiary/aromatic N) is 8. The molecule has 4 aromatic rings. The second kappa shape index (κ2) is 12.8. The van der Waals surface area contributed by atoms with Crippen LogP contribution in [0.15, 0.2) is 17.3 Å². The average Bonchev–Trinajstić information content (AvgIpc) is 3.74. The van der Waals surface area contributed by atoms with Gasteiger partial charge in [0, 0.05) is 20.9 Å². The highest BCUT2D eigenvalue weighted by atomic mass is 32.2. The van der Waals surface area contributed by atoms with Gasteiger partial charge in [0.25, 0.3) is 5.56 Å². The molecule has 6 heterocycles. The molecule has 18 nitrogen and oxygen atoms in total. The van der Waals surface area contributed by atoms with Crippen molar-refractivity contribution in [3.63, 3.8) is 0 Å². The summed E-state index contributed by atoms with van der Waals surface area (Å²) in [5.74, 6) is 0.175. The SMILES string of the molecule is Nc1nc2c(nnn2[C@@H]2S[C@H](COPOC[C@H]3C[C@H](c4cnn5c(N)ncnc45)O[C@@H]3COP)[C@@H](O)[C@H]2OS)c(=O)[nH]1. The predicted molar refractivity (Wildman–Crippen MR) is 157 cm³/mol. The number of nitrogens with two attached hydrogens (primary N) is 2. The van der Waals surface area contributed by atoms with Crippen LogP contribution in [-0.2, 0) is 22.5 Å². The van der Waals surface area contributed by atoms with Crippen LogP contribution in [0.1, 0.15) is 23.5 Å². The van der Waals surface area contributed by atoms with E-state index in [9.17, 15) is 9.90 Å². The van der Waals surface area contributed by atoms with E-state index in [1.165, 1.54) is 27.3 Å². The van der Waals surface area contributed by atoms with Crippen molar-refractivity contribution in [1.82, 2.24) is 44.5 Å². The van der Waals surface area contributed by atoms with Crippen molar-refractivity contribution in [2.75, 3.05) is 31.3 Å². The fourth-order valence-electron chi connectivity index (χ4n) is 5.02. The van der Waals surface area contributed by atoms with Gasteiger partial charge in [0.1, 0.15) is 17.8 Å². The second-order valence-corrected chi connectivity index (χ2v) is 12.2. The van der Waals surface area contributed by atoms with Gasteiger partial charge in [-0.15, -0.1) is 16.9 Å². The predicted octanol–water partition coefficient (Wildman–Crippen LogP) is -0.184. The fraction of sp³-hybridized carbons (Fsp3) is 0.550. The van der Waals surface area contributed by atoms with Gasteiger partial charge >= 0.3 is 0 Å². The number of hydrogen-bond acceptors (Lipinski definition) is 17. The molecule has 6 N–H and O–H groups in total. The lowest BCUT2D eigenvalue weighted by Crippen LogP contribution is -2.34. The van der Waals surface area contributed by atoms with Crippen molar-refractivity contribution < 1.29 is 27.6 Å². The Morgan fingerprint density at radius 2 is 2.10 bits per heavy atom. The highest BCUT2D eigenvalue weighted by Gasteiger charge is 2.46. The molecule has 2 aliphatic rings. The zero-order valence-electron chi connectivity index (χ0n) is 21.6. The van der Waals surface area contributed by atoms with E-state index in [4.69, 9.17) is 34.0 Å². The van der Waals surface area contributed by atoms with E-state index in [1.807, 2.05) is 0 Å². The molecule has 2 saturated heterocycles. The van der Waals surface area contributed by atoms with E-state index in [1.54, 1.807) is 6.20 Å². The molecule has 42 heavy (non-hydrogen) atoms. The van der Waals surface area contributed by atoms with E-state index in [0.717, 1.165) is 5.56 Å². The Morgan fingerprint density at radius 1 is 1.26 bits per heavy atom. The zero-order chi connectivity index (χ0) is 29.4. The molecule has 0 aromatic carbocycles. The Bertz CT molecular complexity index is 1610. The van der Waals surface area contributed by atoms with Gasteiger partial charge in [0.05, 0.1) is 49.6 Å². The van der Waals surface area contributed by atoms with Crippen molar-refractivity contribution in [2.24, 2.45) is 5.92 Å². The molecule has 0 bridgehead atoms. The standard InChI is InChI=1S/C20H27N11O7P2S2/c21-19-26-16-12(17(33)27-19)28-29-30(16)18-14(38-41)13(32)11(42-18)5-36-40-35-3-7-1-9(37-10(7)4-34-39)8-2-25-31-15(8)23-6-24-20(31)22/h2,6-7,9-11,13-14,18,32,40-41H,1,3-5,39H2,(H2,22,23,24)(H3,21,26,27,33)/t7-,9-,10-,11-,13-,14-,18-/m1/s1. The van der Waals surface area contributed by atoms with Crippen molar-refractivity contribution in [3.05, 3.63) is 28.4 Å². The van der Waals surface area contributed by atoms with Gasteiger partial charge < -0.3 is 39.1 Å². The molecule has 2 aliphatic heterocycles. The van der Waals surface area contributed by atoms with Crippen LogP contribution in [0.2, 0.25) is 0 Å². The van der Waals surface area contributed by atoms with Crippen LogP contribution in [0.25, 0.3) is 16.8 Å². The average molecular weight is 660 g/mol. The van der Waals surface area contributed by atoms with Crippen LogP contribution in [-0.4, -0.2) is 93.0 Å². The first-order valence-electron chi connectivity index (χ1n) is 12.5. The summed E-state index contributed by atoms with van der Waals surface area (Å²) in [7, 11) is 1.94. The molecule has 0 spiro atoms. The minimum Gasteiger partial charge on any atom is -0.389 e. The summed E-state index contributed by atoms with van der Waals surface area (Å²) in [5, 5.41) is 22.1. The molecule has 2 fully saturated rings. The van der Waals surface area contributed by atoms with Gasteiger partial charge in [-0.05, 0) is 19.3 Å². The number of H-pyrrole nitrogens is 1. The third-order valence-electron chi connectivity index (χ3n) is 7.04. The number of thiol groups is 1. The number of aliphatic hydroxyl groups is 1. The number of aromatic amines is 1. The summed E-state index contributed by atoms with van der Waals surface area (Å²) in [4.78, 5) is 26.9. The molecule has 0 radical (unpaired) electrons. The Hall–Kier alpha value is -2.25. The van der Waals surface area contributed by atoms with Gasteiger partial charge in [-0.1, -0.05) is 5.21 Å². The summed E-state index contributed by atoms with van der Waals surface area (Å²) in [6, 6.07) is 0. The van der Waals surface area contributed by atoms with Gasteiger partial charge in [0.15, 0.2) is 25.8 Å². The molecular formula is C20H27N11O7P2S2. The molecule has 226 valence electrons. The number of fused-ring (bicyclic) bond motifs is 2. The number of aliphatic hydroxyl groups excluding tert-OH is 1. The molecule has 9 atom stereocenters. The molecular weight excluding hydrogens is 632 g/mol. The van der Waals surface area contributed by atoms with E-state index < -0.39 is 28.4 Å². The van der Waals surface area contributed by atoms with Crippen LogP contribution in [0.4, 0.5) is 11.9 Å². The van der Waals surface area contributed by atoms with E-state index in [0.29, 0.717) is 25.3 Å². The highest BCUT2D eigenvalue weighted by molar-refractivity contribution is 8.00. The Morgan fingerprint density at radius 3 is 2.90 bits per heavy atom. The van der Waals surface area contributed by atoms with Crippen molar-refractivity contribution in [3.8, 4) is 0 Å². The highest BCUT2D eigenvalue weighted by Crippen LogP contribution is 2.45. The number of ether oxygens (including phenoxy) is 1. The summed E-state index contributed by atoms with van der Waals surface area (Å²) in [5.41, 5.74) is 12.7. The number of nitrogens with one attached hydrogen (secondary N) is 1. The summed E-state index contributed by atoms with van der Waals surface area (Å²) >= 11 is 5.27. The maximum absolute atomic E-state index is 12.1. The van der Waals surface area contributed by atoms with Crippen molar-refractivity contribution >= 4 is 71.9 Å². The zero-order valence-corrected chi connectivity index (χ0v) is 25.5. The lowest BCUT2D eigenvalue weighted by atomic mass is 9.99.